The lowest BCUT2D eigenvalue weighted by Gasteiger charge is -2.39. The zero-order valence-electron chi connectivity index (χ0n) is 22.5. The monoisotopic (exact) mass is 523 g/mol. The summed E-state index contributed by atoms with van der Waals surface area (Å²) < 4.78 is 23.5. The number of hydrogen-bond acceptors (Lipinski definition) is 5. The number of likely N-dealkylation sites (tertiary alicyclic amines) is 3. The van der Waals surface area contributed by atoms with E-state index >= 15 is 0 Å². The summed E-state index contributed by atoms with van der Waals surface area (Å²) in [6.07, 6.45) is 4.02. The van der Waals surface area contributed by atoms with Gasteiger partial charge in [0.25, 0.3) is 0 Å². The van der Waals surface area contributed by atoms with Crippen molar-refractivity contribution in [1.82, 2.24) is 14.7 Å². The Bertz CT molecular complexity index is 1190. The van der Waals surface area contributed by atoms with Crippen LogP contribution in [0.5, 0.6) is 0 Å². The van der Waals surface area contributed by atoms with E-state index < -0.39 is 9.84 Å². The summed E-state index contributed by atoms with van der Waals surface area (Å²) in [6, 6.07) is 18.5. The van der Waals surface area contributed by atoms with Crippen molar-refractivity contribution in [3.05, 3.63) is 65.7 Å². The van der Waals surface area contributed by atoms with Crippen LogP contribution in [0.3, 0.4) is 0 Å². The van der Waals surface area contributed by atoms with Crippen molar-refractivity contribution >= 4 is 15.7 Å². The second-order valence-electron chi connectivity index (χ2n) is 11.8. The van der Waals surface area contributed by atoms with Gasteiger partial charge < -0.3 is 9.80 Å². The second-order valence-corrected chi connectivity index (χ2v) is 13.8. The number of rotatable bonds is 7. The highest BCUT2D eigenvalue weighted by Gasteiger charge is 2.48. The number of piperidine rings is 1. The minimum Gasteiger partial charge on any atom is -0.338 e. The number of benzene rings is 2. The molecule has 0 aliphatic carbocycles. The molecule has 0 saturated carbocycles. The fraction of sp³-hybridized carbons (Fsp3) is 0.567. The molecule has 6 nitrogen and oxygen atoms in total. The molecule has 3 heterocycles. The van der Waals surface area contributed by atoms with E-state index in [1.807, 2.05) is 17.0 Å². The summed E-state index contributed by atoms with van der Waals surface area (Å²) in [7, 11) is -3.21. The molecule has 37 heavy (non-hydrogen) atoms. The fourth-order valence-corrected chi connectivity index (χ4v) is 7.28. The zero-order valence-corrected chi connectivity index (χ0v) is 23.3. The molecule has 200 valence electrons. The summed E-state index contributed by atoms with van der Waals surface area (Å²) in [6.45, 7) is 11.3. The highest BCUT2D eigenvalue weighted by atomic mass is 32.2. The van der Waals surface area contributed by atoms with Crippen LogP contribution in [-0.2, 0) is 21.2 Å². The molecule has 5 rings (SSSR count). The number of carbonyl (C=O) groups excluding carboxylic acids is 1. The third kappa shape index (κ3) is 5.64. The van der Waals surface area contributed by atoms with E-state index in [0.717, 1.165) is 64.1 Å². The minimum absolute atomic E-state index is 0.221. The van der Waals surface area contributed by atoms with Crippen molar-refractivity contribution in [2.24, 2.45) is 11.3 Å². The average Bonchev–Trinajstić information content (AvgIpc) is 3.43. The molecule has 3 saturated heterocycles. The molecule has 0 bridgehead atoms. The molecule has 0 radical (unpaired) electrons. The summed E-state index contributed by atoms with van der Waals surface area (Å²) in [5, 5.41) is 0. The summed E-state index contributed by atoms with van der Waals surface area (Å²) >= 11 is 0. The first-order chi connectivity index (χ1) is 17.6. The lowest BCUT2D eigenvalue weighted by atomic mass is 9.76. The van der Waals surface area contributed by atoms with Crippen molar-refractivity contribution in [1.29, 1.82) is 0 Å². The van der Waals surface area contributed by atoms with Gasteiger partial charge in [0.2, 0.25) is 5.91 Å². The quantitative estimate of drug-likeness (QED) is 0.549. The van der Waals surface area contributed by atoms with Gasteiger partial charge in [0, 0.05) is 50.9 Å². The molecule has 2 unspecified atom stereocenters. The lowest BCUT2D eigenvalue weighted by Crippen LogP contribution is -2.46. The molecule has 3 aliphatic rings. The van der Waals surface area contributed by atoms with Crippen LogP contribution >= 0.6 is 0 Å². The maximum absolute atomic E-state index is 13.5. The van der Waals surface area contributed by atoms with Gasteiger partial charge in [0.05, 0.1) is 10.3 Å². The molecule has 3 fully saturated rings. The maximum atomic E-state index is 13.5. The molecular formula is C30H41N3O3S. The standard InChI is InChI=1S/C30H41N3O3S/c1-23(2)33-21-26(28(22-33)25-7-5-4-6-8-25)20-31-16-13-30(14-17-31)15-18-32(29(30)34)19-24-9-11-27(12-10-24)37(3,35)36/h4-12,23,26,28H,13-22H2,1-3H3. The van der Waals surface area contributed by atoms with Crippen LogP contribution in [0.25, 0.3) is 0 Å². The molecule has 0 aromatic heterocycles. The number of hydrogen-bond donors (Lipinski definition) is 0. The van der Waals surface area contributed by atoms with Crippen molar-refractivity contribution < 1.29 is 13.2 Å². The molecule has 1 amide bonds. The van der Waals surface area contributed by atoms with Gasteiger partial charge in [-0.25, -0.2) is 8.42 Å². The van der Waals surface area contributed by atoms with Crippen LogP contribution < -0.4 is 0 Å². The SMILES string of the molecule is CC(C)N1CC(CN2CCC3(CC2)CCN(Cc2ccc(S(C)(=O)=O)cc2)C3=O)C(c2ccccc2)C1. The van der Waals surface area contributed by atoms with Crippen molar-refractivity contribution in [2.45, 2.75) is 56.5 Å². The van der Waals surface area contributed by atoms with E-state index in [9.17, 15) is 13.2 Å². The van der Waals surface area contributed by atoms with Gasteiger partial charge in [0.1, 0.15) is 0 Å². The Hall–Kier alpha value is -2.22. The topological polar surface area (TPSA) is 60.9 Å². The van der Waals surface area contributed by atoms with E-state index in [1.54, 1.807) is 12.1 Å². The Morgan fingerprint density at radius 2 is 1.57 bits per heavy atom. The second kappa shape index (κ2) is 10.5. The van der Waals surface area contributed by atoms with Crippen LogP contribution in [0.1, 0.15) is 50.2 Å². The van der Waals surface area contributed by atoms with Gasteiger partial charge in [0.15, 0.2) is 9.84 Å². The van der Waals surface area contributed by atoms with E-state index in [4.69, 9.17) is 0 Å². The van der Waals surface area contributed by atoms with Gasteiger partial charge in [-0.15, -0.1) is 0 Å². The molecule has 2 atom stereocenters. The molecule has 7 heteroatoms. The highest BCUT2D eigenvalue weighted by molar-refractivity contribution is 7.90. The van der Waals surface area contributed by atoms with Gasteiger partial charge in [-0.3, -0.25) is 9.69 Å². The van der Waals surface area contributed by atoms with Gasteiger partial charge in [-0.1, -0.05) is 42.5 Å². The molecule has 2 aromatic carbocycles. The van der Waals surface area contributed by atoms with Gasteiger partial charge in [-0.2, -0.15) is 0 Å². The number of sulfone groups is 1. The van der Waals surface area contributed by atoms with Crippen molar-refractivity contribution in [3.63, 3.8) is 0 Å². The van der Waals surface area contributed by atoms with Gasteiger partial charge in [-0.05, 0) is 75.4 Å². The van der Waals surface area contributed by atoms with Crippen molar-refractivity contribution in [2.75, 3.05) is 45.5 Å². The normalized spacial score (nSPS) is 25.0. The van der Waals surface area contributed by atoms with Crippen molar-refractivity contribution in [3.8, 4) is 0 Å². The van der Waals surface area contributed by atoms with E-state index in [-0.39, 0.29) is 11.3 Å². The predicted molar refractivity (Wildman–Crippen MR) is 147 cm³/mol. The Kier molecular flexibility index (Phi) is 7.49. The van der Waals surface area contributed by atoms with Crippen LogP contribution in [0, 0.1) is 11.3 Å². The Balaban J connectivity index is 1.18. The highest BCUT2D eigenvalue weighted by Crippen LogP contribution is 2.43. The summed E-state index contributed by atoms with van der Waals surface area (Å²) in [4.78, 5) is 21.1. The van der Waals surface area contributed by atoms with E-state index in [1.165, 1.54) is 11.8 Å². The summed E-state index contributed by atoms with van der Waals surface area (Å²) in [5.74, 6) is 1.47. The van der Waals surface area contributed by atoms with Crippen LogP contribution in [0.15, 0.2) is 59.5 Å². The van der Waals surface area contributed by atoms with Crippen LogP contribution in [-0.4, -0.2) is 80.6 Å². The molecule has 1 spiro atoms. The molecule has 2 aromatic rings. The Labute approximate surface area is 222 Å². The first kappa shape index (κ1) is 26.4. The number of amides is 1. The fourth-order valence-electron chi connectivity index (χ4n) is 6.65. The number of carbonyl (C=O) groups is 1. The lowest BCUT2D eigenvalue weighted by molar-refractivity contribution is -0.139. The van der Waals surface area contributed by atoms with Crippen LogP contribution in [0.4, 0.5) is 0 Å². The maximum Gasteiger partial charge on any atom is 0.229 e. The predicted octanol–water partition coefficient (Wildman–Crippen LogP) is 4.03. The smallest absolute Gasteiger partial charge is 0.229 e. The first-order valence-corrected chi connectivity index (χ1v) is 15.6. The summed E-state index contributed by atoms with van der Waals surface area (Å²) in [5.41, 5.74) is 2.22. The molecule has 3 aliphatic heterocycles. The minimum atomic E-state index is -3.21. The average molecular weight is 524 g/mol. The third-order valence-corrected chi connectivity index (χ3v) is 10.2. The molecule has 0 N–H and O–H groups in total. The third-order valence-electron chi connectivity index (χ3n) is 9.06. The van der Waals surface area contributed by atoms with Crippen LogP contribution in [0.2, 0.25) is 0 Å². The zero-order chi connectivity index (χ0) is 26.2. The molecular weight excluding hydrogens is 482 g/mol. The van der Waals surface area contributed by atoms with E-state index in [0.29, 0.717) is 29.3 Å². The largest absolute Gasteiger partial charge is 0.338 e. The number of nitrogens with zero attached hydrogens (tertiary/aromatic N) is 3. The van der Waals surface area contributed by atoms with Gasteiger partial charge >= 0.3 is 0 Å². The Morgan fingerprint density at radius 3 is 2.19 bits per heavy atom. The van der Waals surface area contributed by atoms with E-state index in [2.05, 4.69) is 54.0 Å². The Morgan fingerprint density at radius 1 is 0.919 bits per heavy atom. The first-order valence-electron chi connectivity index (χ1n) is 13.7.